The number of nitrogens with zero attached hydrogens (tertiary/aromatic N) is 4. The lowest BCUT2D eigenvalue weighted by Crippen LogP contribution is -2.34. The number of nitrogens with one attached hydrogen (secondary N) is 1. The van der Waals surface area contributed by atoms with E-state index in [1.54, 1.807) is 24.0 Å². The Balaban J connectivity index is 1.27. The molecule has 2 fully saturated rings. The molecule has 0 amide bonds. The number of pyridine rings is 1. The summed E-state index contributed by atoms with van der Waals surface area (Å²) in [6.45, 7) is 6.36. The smallest absolute Gasteiger partial charge is 0.296 e. The van der Waals surface area contributed by atoms with Gasteiger partial charge >= 0.3 is 0 Å². The summed E-state index contributed by atoms with van der Waals surface area (Å²) in [7, 11) is 0. The minimum absolute atomic E-state index is 0.237. The molecule has 10 nitrogen and oxygen atoms in total. The van der Waals surface area contributed by atoms with Crippen LogP contribution < -0.4 is 9.47 Å². The van der Waals surface area contributed by atoms with Crippen molar-refractivity contribution in [1.29, 1.82) is 0 Å². The van der Waals surface area contributed by atoms with Gasteiger partial charge in [-0.05, 0) is 19.7 Å². The lowest BCUT2D eigenvalue weighted by molar-refractivity contribution is 0.00706. The summed E-state index contributed by atoms with van der Waals surface area (Å²) in [5, 5.41) is 10.2. The van der Waals surface area contributed by atoms with Gasteiger partial charge in [-0.1, -0.05) is 11.6 Å². The number of H-pyrrole nitrogens is 1. The maximum absolute atomic E-state index is 9.87. The standard InChI is InChI=1S/C20H22ClN5O5S/c1-10-15(32-9-26(10)4-3-22-2)8-30-19-11(21)5-12-18(24-19)25-20(23-12)31-14-7-29-16-13(27)6-28-17(14)16/h3-5,13-14,16-17,27H,2,6-9H2,1H3,(H,23,24,25)/b4-3-/t13-,14-,16-,17-/m1/s1. The van der Waals surface area contributed by atoms with Gasteiger partial charge < -0.3 is 33.9 Å². The molecule has 4 atom stereocenters. The Morgan fingerprint density at radius 3 is 3.09 bits per heavy atom. The number of thioether (sulfide) groups is 1. The number of fused-ring (bicyclic) bond motifs is 2. The molecule has 32 heavy (non-hydrogen) atoms. The van der Waals surface area contributed by atoms with Gasteiger partial charge in [0.1, 0.15) is 29.9 Å². The molecule has 2 aromatic rings. The first kappa shape index (κ1) is 21.5. The maximum Gasteiger partial charge on any atom is 0.296 e. The summed E-state index contributed by atoms with van der Waals surface area (Å²) in [4.78, 5) is 18.8. The number of aromatic amines is 1. The second-order valence-corrected chi connectivity index (χ2v) is 8.98. The van der Waals surface area contributed by atoms with Crippen LogP contribution in [0.2, 0.25) is 5.02 Å². The van der Waals surface area contributed by atoms with Crippen LogP contribution in [0, 0.1) is 0 Å². The first-order valence-corrected chi connectivity index (χ1v) is 11.4. The highest BCUT2D eigenvalue weighted by Crippen LogP contribution is 2.34. The van der Waals surface area contributed by atoms with E-state index in [0.29, 0.717) is 35.3 Å². The van der Waals surface area contributed by atoms with Crippen molar-refractivity contribution >= 4 is 41.2 Å². The molecule has 2 aromatic heterocycles. The number of hydrogen-bond acceptors (Lipinski definition) is 10. The molecular weight excluding hydrogens is 458 g/mol. The third-order valence-electron chi connectivity index (χ3n) is 5.52. The average molecular weight is 480 g/mol. The molecule has 0 saturated carbocycles. The predicted octanol–water partition coefficient (Wildman–Crippen LogP) is 2.31. The molecule has 3 aliphatic rings. The summed E-state index contributed by atoms with van der Waals surface area (Å²) in [5.74, 6) is 1.08. The second kappa shape index (κ2) is 8.91. The van der Waals surface area contributed by atoms with Crippen LogP contribution in [0.1, 0.15) is 6.92 Å². The van der Waals surface area contributed by atoms with Gasteiger partial charge in [-0.3, -0.25) is 4.99 Å². The molecule has 5 rings (SSSR count). The van der Waals surface area contributed by atoms with Gasteiger partial charge in [0.25, 0.3) is 6.01 Å². The normalized spacial score (nSPS) is 27.7. The van der Waals surface area contributed by atoms with Gasteiger partial charge in [-0.2, -0.15) is 9.97 Å². The van der Waals surface area contributed by atoms with Crippen LogP contribution in [0.5, 0.6) is 11.9 Å². The van der Waals surface area contributed by atoms with Gasteiger partial charge in [-0.25, -0.2) is 0 Å². The van der Waals surface area contributed by atoms with Crippen molar-refractivity contribution in [2.24, 2.45) is 4.99 Å². The predicted molar refractivity (Wildman–Crippen MR) is 120 cm³/mol. The Kier molecular flexibility index (Phi) is 5.99. The lowest BCUT2D eigenvalue weighted by atomic mass is 10.1. The van der Waals surface area contributed by atoms with Crippen molar-refractivity contribution in [2.45, 2.75) is 31.3 Å². The first-order valence-electron chi connectivity index (χ1n) is 10.0. The number of aromatic nitrogens is 3. The number of aliphatic imine (C=N–C) groups is 1. The minimum Gasteiger partial charge on any atom is -0.471 e. The number of allylic oxidation sites excluding steroid dienone is 1. The number of aliphatic hydroxyl groups is 1. The third kappa shape index (κ3) is 4.06. The van der Waals surface area contributed by atoms with Crippen LogP contribution in [-0.2, 0) is 9.47 Å². The molecule has 12 heteroatoms. The molecule has 3 aliphatic heterocycles. The van der Waals surface area contributed by atoms with Gasteiger partial charge in [0.15, 0.2) is 11.8 Å². The van der Waals surface area contributed by atoms with Crippen LogP contribution in [0.3, 0.4) is 0 Å². The number of ether oxygens (including phenoxy) is 4. The van der Waals surface area contributed by atoms with Gasteiger partial charge in [0.05, 0.1) is 24.6 Å². The second-order valence-electron chi connectivity index (χ2n) is 7.53. The van der Waals surface area contributed by atoms with Crippen molar-refractivity contribution in [1.82, 2.24) is 19.9 Å². The van der Waals surface area contributed by atoms with Gasteiger partial charge in [0, 0.05) is 23.0 Å². The van der Waals surface area contributed by atoms with Crippen LogP contribution >= 0.6 is 23.4 Å². The zero-order valence-electron chi connectivity index (χ0n) is 17.2. The van der Waals surface area contributed by atoms with Crippen molar-refractivity contribution in [3.05, 3.63) is 34.1 Å². The molecule has 2 saturated heterocycles. The Bertz CT molecular complexity index is 1090. The molecule has 0 bridgehead atoms. The third-order valence-corrected chi connectivity index (χ3v) is 6.96. The maximum atomic E-state index is 9.87. The van der Waals surface area contributed by atoms with E-state index in [9.17, 15) is 5.11 Å². The summed E-state index contributed by atoms with van der Waals surface area (Å²) in [6, 6.07) is 1.99. The highest BCUT2D eigenvalue weighted by Gasteiger charge is 2.48. The molecule has 0 unspecified atom stereocenters. The molecule has 2 N–H and O–H groups in total. The fourth-order valence-corrected chi connectivity index (χ4v) is 5.05. The van der Waals surface area contributed by atoms with E-state index in [2.05, 4.69) is 31.6 Å². The molecule has 0 spiro atoms. The van der Waals surface area contributed by atoms with E-state index >= 15 is 0 Å². The highest BCUT2D eigenvalue weighted by atomic mass is 35.5. The average Bonchev–Trinajstić information content (AvgIpc) is 3.52. The van der Waals surface area contributed by atoms with Crippen LogP contribution in [0.4, 0.5) is 0 Å². The summed E-state index contributed by atoms with van der Waals surface area (Å²) in [6.07, 6.45) is 1.82. The number of hydrogen-bond donors (Lipinski definition) is 2. The zero-order chi connectivity index (χ0) is 22.2. The van der Waals surface area contributed by atoms with Crippen molar-refractivity contribution in [2.75, 3.05) is 25.7 Å². The molecule has 0 aromatic carbocycles. The molecular formula is C20H22ClN5O5S. The van der Waals surface area contributed by atoms with E-state index in [0.717, 1.165) is 16.5 Å². The molecule has 170 valence electrons. The minimum atomic E-state index is -0.636. The monoisotopic (exact) mass is 479 g/mol. The fourth-order valence-electron chi connectivity index (χ4n) is 3.80. The number of aliphatic hydroxyl groups excluding tert-OH is 1. The fraction of sp³-hybridized carbons (Fsp3) is 0.450. The largest absolute Gasteiger partial charge is 0.471 e. The van der Waals surface area contributed by atoms with Crippen molar-refractivity contribution < 1.29 is 24.1 Å². The number of imidazole rings is 1. The quantitative estimate of drug-likeness (QED) is 0.577. The van der Waals surface area contributed by atoms with E-state index < -0.39 is 6.10 Å². The molecule has 5 heterocycles. The Morgan fingerprint density at radius 1 is 1.41 bits per heavy atom. The molecule has 0 aliphatic carbocycles. The van der Waals surface area contributed by atoms with Crippen LogP contribution in [0.25, 0.3) is 11.2 Å². The summed E-state index contributed by atoms with van der Waals surface area (Å²) in [5.41, 5.74) is 2.13. The topological polar surface area (TPSA) is 114 Å². The van der Waals surface area contributed by atoms with E-state index in [1.807, 2.05) is 13.1 Å². The SMILES string of the molecule is C=N/C=C\N1CSC(COc2nc3nc(O[C@@H]4CO[C@H]5[C@@H]4OC[C@H]5O)[nH]c3cc2Cl)=C1C. The van der Waals surface area contributed by atoms with Crippen molar-refractivity contribution in [3.63, 3.8) is 0 Å². The van der Waals surface area contributed by atoms with E-state index in [1.165, 1.54) is 0 Å². The van der Waals surface area contributed by atoms with Crippen LogP contribution in [0.15, 0.2) is 34.1 Å². The Hall–Kier alpha value is -2.31. The lowest BCUT2D eigenvalue weighted by Gasteiger charge is -2.15. The zero-order valence-corrected chi connectivity index (χ0v) is 18.8. The van der Waals surface area contributed by atoms with Gasteiger partial charge in [-0.15, -0.1) is 11.8 Å². The van der Waals surface area contributed by atoms with Crippen LogP contribution in [-0.4, -0.2) is 81.8 Å². The summed E-state index contributed by atoms with van der Waals surface area (Å²) >= 11 is 8.06. The van der Waals surface area contributed by atoms with Gasteiger partial charge in [0.2, 0.25) is 5.88 Å². The Labute approximate surface area is 193 Å². The summed E-state index contributed by atoms with van der Waals surface area (Å²) < 4.78 is 23.0. The molecule has 0 radical (unpaired) electrons. The van der Waals surface area contributed by atoms with E-state index in [-0.39, 0.29) is 30.9 Å². The number of halogens is 1. The van der Waals surface area contributed by atoms with Crippen molar-refractivity contribution in [3.8, 4) is 11.9 Å². The van der Waals surface area contributed by atoms with E-state index in [4.69, 9.17) is 30.5 Å². The highest BCUT2D eigenvalue weighted by molar-refractivity contribution is 8.03. The first-order chi connectivity index (χ1) is 15.5. The number of rotatable bonds is 7. The Morgan fingerprint density at radius 2 is 2.25 bits per heavy atom.